The fourth-order valence-electron chi connectivity index (χ4n) is 1.87. The molecule has 86 valence electrons. The quantitative estimate of drug-likeness (QED) is 0.756. The lowest BCUT2D eigenvalue weighted by molar-refractivity contribution is -0.155. The van der Waals surface area contributed by atoms with E-state index in [-0.39, 0.29) is 17.9 Å². The minimum Gasteiger partial charge on any atom is -0.342 e. The van der Waals surface area contributed by atoms with Crippen molar-refractivity contribution in [2.24, 2.45) is 0 Å². The van der Waals surface area contributed by atoms with E-state index in [0.717, 1.165) is 6.42 Å². The zero-order valence-electron chi connectivity index (χ0n) is 9.96. The van der Waals surface area contributed by atoms with Gasteiger partial charge < -0.3 is 10.2 Å². The summed E-state index contributed by atoms with van der Waals surface area (Å²) < 4.78 is 0. The minimum absolute atomic E-state index is 0.0453. The van der Waals surface area contributed by atoms with Gasteiger partial charge in [0.2, 0.25) is 11.8 Å². The van der Waals surface area contributed by atoms with Crippen LogP contribution in [0.2, 0.25) is 0 Å². The molecule has 0 spiro atoms. The second kappa shape index (κ2) is 4.21. The average molecular weight is 212 g/mol. The van der Waals surface area contributed by atoms with Gasteiger partial charge in [0, 0.05) is 6.54 Å². The number of hydrogen-bond acceptors (Lipinski definition) is 2. The van der Waals surface area contributed by atoms with Gasteiger partial charge in [0.25, 0.3) is 0 Å². The van der Waals surface area contributed by atoms with Crippen LogP contribution < -0.4 is 5.32 Å². The summed E-state index contributed by atoms with van der Waals surface area (Å²) in [6, 6.07) is -0.336. The van der Waals surface area contributed by atoms with E-state index >= 15 is 0 Å². The Hall–Kier alpha value is -1.06. The fraction of sp³-hybridized carbons (Fsp3) is 0.818. The molecule has 1 saturated heterocycles. The number of rotatable bonds is 3. The number of nitrogens with zero attached hydrogens (tertiary/aromatic N) is 1. The minimum atomic E-state index is -0.710. The van der Waals surface area contributed by atoms with Crippen molar-refractivity contribution in [3.63, 3.8) is 0 Å². The number of piperazine rings is 1. The second-order valence-electron chi connectivity index (χ2n) is 4.48. The lowest BCUT2D eigenvalue weighted by Crippen LogP contribution is -2.68. The van der Waals surface area contributed by atoms with E-state index < -0.39 is 5.54 Å². The normalized spacial score (nSPS) is 25.3. The Morgan fingerprint density at radius 1 is 1.33 bits per heavy atom. The van der Waals surface area contributed by atoms with Gasteiger partial charge in [-0.1, -0.05) is 13.8 Å². The predicted octanol–water partition coefficient (Wildman–Crippen LogP) is 0.912. The Labute approximate surface area is 91.0 Å². The summed E-state index contributed by atoms with van der Waals surface area (Å²) in [5.74, 6) is -0.00801. The first-order chi connectivity index (χ1) is 6.95. The largest absolute Gasteiger partial charge is 0.342 e. The highest BCUT2D eigenvalue weighted by Crippen LogP contribution is 2.22. The zero-order valence-corrected chi connectivity index (χ0v) is 9.96. The zero-order chi connectivity index (χ0) is 11.6. The van der Waals surface area contributed by atoms with E-state index in [9.17, 15) is 9.59 Å². The van der Waals surface area contributed by atoms with Crippen molar-refractivity contribution in [3.8, 4) is 0 Å². The molecule has 4 heteroatoms. The Kier molecular flexibility index (Phi) is 3.37. The third kappa shape index (κ3) is 1.98. The summed E-state index contributed by atoms with van der Waals surface area (Å²) in [7, 11) is 0. The van der Waals surface area contributed by atoms with Gasteiger partial charge >= 0.3 is 0 Å². The molecule has 1 N–H and O–H groups in total. The summed E-state index contributed by atoms with van der Waals surface area (Å²) in [5.41, 5.74) is -0.710. The first-order valence-corrected chi connectivity index (χ1v) is 5.57. The van der Waals surface area contributed by atoms with Gasteiger partial charge in [-0.15, -0.1) is 0 Å². The van der Waals surface area contributed by atoms with Crippen molar-refractivity contribution < 1.29 is 9.59 Å². The highest BCUT2D eigenvalue weighted by molar-refractivity contribution is 5.99. The van der Waals surface area contributed by atoms with Crippen LogP contribution in [0, 0.1) is 0 Å². The lowest BCUT2D eigenvalue weighted by atomic mass is 9.94. The maximum absolute atomic E-state index is 12.0. The Balaban J connectivity index is 2.94. The molecule has 1 fully saturated rings. The third-order valence-electron chi connectivity index (χ3n) is 2.96. The summed E-state index contributed by atoms with van der Waals surface area (Å²) in [6.07, 6.45) is 1.53. The van der Waals surface area contributed by atoms with Crippen molar-refractivity contribution in [3.05, 3.63) is 0 Å². The van der Waals surface area contributed by atoms with Gasteiger partial charge in [0.05, 0.1) is 0 Å². The molecule has 1 aliphatic heterocycles. The molecule has 0 saturated carbocycles. The van der Waals surface area contributed by atoms with Gasteiger partial charge in [-0.05, 0) is 26.7 Å². The van der Waals surface area contributed by atoms with E-state index in [1.165, 1.54) is 0 Å². The number of carbonyl (C=O) groups excluding carboxylic acids is 2. The van der Waals surface area contributed by atoms with Crippen molar-refractivity contribution in [1.82, 2.24) is 10.2 Å². The van der Waals surface area contributed by atoms with Crippen LogP contribution in [0.25, 0.3) is 0 Å². The van der Waals surface area contributed by atoms with E-state index in [4.69, 9.17) is 0 Å². The molecule has 1 unspecified atom stereocenters. The third-order valence-corrected chi connectivity index (χ3v) is 2.96. The fourth-order valence-corrected chi connectivity index (χ4v) is 1.87. The molecule has 0 bridgehead atoms. The molecule has 0 aromatic heterocycles. The van der Waals surface area contributed by atoms with Crippen LogP contribution in [0.1, 0.15) is 40.5 Å². The molecule has 1 rings (SSSR count). The van der Waals surface area contributed by atoms with Crippen LogP contribution in [0.5, 0.6) is 0 Å². The maximum atomic E-state index is 12.0. The van der Waals surface area contributed by atoms with Crippen LogP contribution >= 0.6 is 0 Å². The van der Waals surface area contributed by atoms with E-state index in [1.807, 2.05) is 13.8 Å². The molecule has 1 heterocycles. The SMILES string of the molecule is CCCN1C(=O)C(CC)NC(=O)C1(C)C. The Bertz CT molecular complexity index is 274. The molecule has 4 nitrogen and oxygen atoms in total. The first kappa shape index (κ1) is 12.0. The summed E-state index contributed by atoms with van der Waals surface area (Å²) in [6.45, 7) is 8.15. The highest BCUT2D eigenvalue weighted by atomic mass is 16.2. The predicted molar refractivity (Wildman–Crippen MR) is 58.3 cm³/mol. The van der Waals surface area contributed by atoms with Gasteiger partial charge in [-0.2, -0.15) is 0 Å². The van der Waals surface area contributed by atoms with Gasteiger partial charge in [-0.25, -0.2) is 0 Å². The van der Waals surface area contributed by atoms with Crippen LogP contribution in [0.3, 0.4) is 0 Å². The van der Waals surface area contributed by atoms with Gasteiger partial charge in [0.15, 0.2) is 0 Å². The van der Waals surface area contributed by atoms with E-state index in [1.54, 1.807) is 18.7 Å². The molecule has 0 radical (unpaired) electrons. The topological polar surface area (TPSA) is 49.4 Å². The molecule has 0 aromatic carbocycles. The van der Waals surface area contributed by atoms with Crippen LogP contribution in [-0.4, -0.2) is 34.8 Å². The smallest absolute Gasteiger partial charge is 0.246 e. The van der Waals surface area contributed by atoms with Crippen LogP contribution in [0.15, 0.2) is 0 Å². The number of amides is 2. The van der Waals surface area contributed by atoms with Crippen molar-refractivity contribution in [2.75, 3.05) is 6.54 Å². The van der Waals surface area contributed by atoms with Gasteiger partial charge in [-0.3, -0.25) is 9.59 Å². The Morgan fingerprint density at radius 3 is 2.40 bits per heavy atom. The standard InChI is InChI=1S/C11H20N2O2/c1-5-7-13-9(14)8(6-2)12-10(15)11(13,3)4/h8H,5-7H2,1-4H3,(H,12,15). The van der Waals surface area contributed by atoms with Gasteiger partial charge in [0.1, 0.15) is 11.6 Å². The molecular formula is C11H20N2O2. The molecule has 15 heavy (non-hydrogen) atoms. The first-order valence-electron chi connectivity index (χ1n) is 5.57. The van der Waals surface area contributed by atoms with Crippen molar-refractivity contribution in [2.45, 2.75) is 52.1 Å². The van der Waals surface area contributed by atoms with E-state index in [0.29, 0.717) is 13.0 Å². The molecule has 0 aliphatic carbocycles. The lowest BCUT2D eigenvalue weighted by Gasteiger charge is -2.44. The molecule has 2 amide bonds. The van der Waals surface area contributed by atoms with Crippen LogP contribution in [0.4, 0.5) is 0 Å². The number of nitrogens with one attached hydrogen (secondary N) is 1. The molecular weight excluding hydrogens is 192 g/mol. The molecule has 1 atom stereocenters. The average Bonchev–Trinajstić information content (AvgIpc) is 2.19. The summed E-state index contributed by atoms with van der Waals surface area (Å²) >= 11 is 0. The maximum Gasteiger partial charge on any atom is 0.246 e. The molecule has 0 aromatic rings. The Morgan fingerprint density at radius 2 is 1.93 bits per heavy atom. The van der Waals surface area contributed by atoms with Crippen molar-refractivity contribution >= 4 is 11.8 Å². The monoisotopic (exact) mass is 212 g/mol. The number of hydrogen-bond donors (Lipinski definition) is 1. The van der Waals surface area contributed by atoms with Crippen molar-refractivity contribution in [1.29, 1.82) is 0 Å². The highest BCUT2D eigenvalue weighted by Gasteiger charge is 2.44. The molecule has 1 aliphatic rings. The summed E-state index contributed by atoms with van der Waals surface area (Å²) in [5, 5.41) is 2.76. The second-order valence-corrected chi connectivity index (χ2v) is 4.48. The van der Waals surface area contributed by atoms with E-state index in [2.05, 4.69) is 5.32 Å². The number of carbonyl (C=O) groups is 2. The summed E-state index contributed by atoms with van der Waals surface area (Å²) in [4.78, 5) is 25.5. The van der Waals surface area contributed by atoms with Crippen LogP contribution in [-0.2, 0) is 9.59 Å².